The van der Waals surface area contributed by atoms with Crippen LogP contribution in [0.3, 0.4) is 0 Å². The molecule has 0 aliphatic carbocycles. The first-order valence-electron chi connectivity index (χ1n) is 7.65. The Morgan fingerprint density at radius 2 is 2.13 bits per heavy atom. The van der Waals surface area contributed by atoms with Crippen LogP contribution in [0.1, 0.15) is 28.8 Å². The molecular weight excluding hydrogens is 298 g/mol. The summed E-state index contributed by atoms with van der Waals surface area (Å²) in [5, 5.41) is 14.8. The molecule has 2 aliphatic rings. The Morgan fingerprint density at radius 1 is 1.35 bits per heavy atom. The van der Waals surface area contributed by atoms with Gasteiger partial charge in [0.25, 0.3) is 0 Å². The first-order chi connectivity index (χ1) is 11.1. The number of hydrogen-bond acceptors (Lipinski definition) is 6. The Hall–Kier alpha value is -2.25. The maximum Gasteiger partial charge on any atom is 0.243 e. The molecular formula is C16H19N3O4. The third-order valence-electron chi connectivity index (χ3n) is 4.26. The molecule has 0 radical (unpaired) electrons. The van der Waals surface area contributed by atoms with Gasteiger partial charge in [-0.25, -0.2) is 0 Å². The summed E-state index contributed by atoms with van der Waals surface area (Å²) in [5.41, 5.74) is 2.30. The third-order valence-corrected chi connectivity index (χ3v) is 4.26. The predicted octanol–water partition coefficient (Wildman–Crippen LogP) is -0.425. The van der Waals surface area contributed by atoms with E-state index in [1.807, 2.05) is 17.0 Å². The highest BCUT2D eigenvalue weighted by Crippen LogP contribution is 2.24. The maximum absolute atomic E-state index is 11.7. The van der Waals surface area contributed by atoms with Crippen molar-refractivity contribution in [2.45, 2.75) is 31.5 Å². The van der Waals surface area contributed by atoms with Gasteiger partial charge in [-0.15, -0.1) is 0 Å². The molecule has 3 N–H and O–H groups in total. The largest absolute Gasteiger partial charge is 0.389 e. The number of carbonyl (C=O) groups is 3. The summed E-state index contributed by atoms with van der Waals surface area (Å²) in [6, 6.07) is 5.07. The van der Waals surface area contributed by atoms with Gasteiger partial charge in [-0.05, 0) is 30.2 Å². The Balaban J connectivity index is 1.68. The molecule has 7 heteroatoms. The number of nitrogens with zero attached hydrogens (tertiary/aromatic N) is 1. The number of amides is 2. The van der Waals surface area contributed by atoms with E-state index in [2.05, 4.69) is 10.6 Å². The molecule has 0 bridgehead atoms. The molecule has 122 valence electrons. The molecule has 0 aromatic heterocycles. The number of benzene rings is 1. The number of aliphatic hydroxyl groups excluding tert-OH is 1. The highest BCUT2D eigenvalue weighted by atomic mass is 16.3. The number of imide groups is 1. The van der Waals surface area contributed by atoms with Crippen molar-refractivity contribution < 1.29 is 19.5 Å². The zero-order valence-electron chi connectivity index (χ0n) is 12.6. The number of β-amino-alcohol motifs (C(OH)–C–C–N with tert-alkyl or cyclic N) is 1. The third kappa shape index (κ3) is 3.40. The van der Waals surface area contributed by atoms with Gasteiger partial charge in [-0.2, -0.15) is 0 Å². The van der Waals surface area contributed by atoms with Crippen LogP contribution in [-0.2, 0) is 16.1 Å². The minimum Gasteiger partial charge on any atom is -0.389 e. The first-order valence-corrected chi connectivity index (χ1v) is 7.65. The van der Waals surface area contributed by atoms with Gasteiger partial charge in [-0.1, -0.05) is 0 Å². The second-order valence-electron chi connectivity index (χ2n) is 5.94. The molecule has 2 fully saturated rings. The summed E-state index contributed by atoms with van der Waals surface area (Å²) in [6.07, 6.45) is 1.26. The average molecular weight is 317 g/mol. The number of hydrogen-bond donors (Lipinski definition) is 3. The lowest BCUT2D eigenvalue weighted by molar-refractivity contribution is -0.134. The highest BCUT2D eigenvalue weighted by Gasteiger charge is 2.27. The van der Waals surface area contributed by atoms with Crippen LogP contribution in [-0.4, -0.2) is 48.4 Å². The average Bonchev–Trinajstić information content (AvgIpc) is 2.51. The Labute approximate surface area is 133 Å². The van der Waals surface area contributed by atoms with Gasteiger partial charge in [0.05, 0.1) is 12.1 Å². The lowest BCUT2D eigenvalue weighted by Gasteiger charge is -2.38. The number of piperidine rings is 1. The molecule has 2 amide bonds. The Kier molecular flexibility index (Phi) is 4.40. The zero-order chi connectivity index (χ0) is 16.4. The fourth-order valence-corrected chi connectivity index (χ4v) is 2.84. The quantitative estimate of drug-likeness (QED) is 0.504. The van der Waals surface area contributed by atoms with E-state index in [4.69, 9.17) is 0 Å². The normalized spacial score (nSPS) is 21.8. The Morgan fingerprint density at radius 3 is 2.78 bits per heavy atom. The lowest BCUT2D eigenvalue weighted by Crippen LogP contribution is -2.51. The fraction of sp³-hybridized carbons (Fsp3) is 0.438. The van der Waals surface area contributed by atoms with Crippen molar-refractivity contribution in [3.63, 3.8) is 0 Å². The molecule has 0 saturated carbocycles. The molecule has 1 atom stereocenters. The monoisotopic (exact) mass is 317 g/mol. The molecule has 1 unspecified atom stereocenters. The molecule has 1 aromatic carbocycles. The molecule has 2 saturated heterocycles. The summed E-state index contributed by atoms with van der Waals surface area (Å²) in [6.45, 7) is 1.53. The number of aldehydes is 1. The minimum atomic E-state index is -0.429. The number of anilines is 1. The van der Waals surface area contributed by atoms with Gasteiger partial charge >= 0.3 is 0 Å². The van der Waals surface area contributed by atoms with Crippen molar-refractivity contribution in [2.75, 3.05) is 18.0 Å². The van der Waals surface area contributed by atoms with Crippen molar-refractivity contribution in [3.05, 3.63) is 29.3 Å². The number of aliphatic hydroxyl groups is 1. The summed E-state index contributed by atoms with van der Waals surface area (Å²) in [4.78, 5) is 36.1. The van der Waals surface area contributed by atoms with Crippen molar-refractivity contribution in [3.8, 4) is 0 Å². The molecule has 2 aliphatic heterocycles. The van der Waals surface area contributed by atoms with Gasteiger partial charge in [-0.3, -0.25) is 19.7 Å². The van der Waals surface area contributed by atoms with Crippen LogP contribution in [0.2, 0.25) is 0 Å². The molecule has 1 aromatic rings. The van der Waals surface area contributed by atoms with Gasteiger partial charge in [0.15, 0.2) is 0 Å². The van der Waals surface area contributed by atoms with E-state index in [1.54, 1.807) is 6.07 Å². The predicted molar refractivity (Wildman–Crippen MR) is 83.1 cm³/mol. The first kappa shape index (κ1) is 15.6. The van der Waals surface area contributed by atoms with E-state index in [-0.39, 0.29) is 17.9 Å². The van der Waals surface area contributed by atoms with Crippen LogP contribution in [0.15, 0.2) is 18.2 Å². The maximum atomic E-state index is 11.7. The van der Waals surface area contributed by atoms with E-state index in [9.17, 15) is 19.5 Å². The summed E-state index contributed by atoms with van der Waals surface area (Å²) >= 11 is 0. The molecule has 0 spiro atoms. The van der Waals surface area contributed by atoms with Crippen molar-refractivity contribution in [1.29, 1.82) is 0 Å². The summed E-state index contributed by atoms with van der Waals surface area (Å²) in [7, 11) is 0. The van der Waals surface area contributed by atoms with Crippen LogP contribution in [0.4, 0.5) is 5.69 Å². The van der Waals surface area contributed by atoms with E-state index in [1.165, 1.54) is 0 Å². The van der Waals surface area contributed by atoms with Gasteiger partial charge < -0.3 is 15.3 Å². The highest BCUT2D eigenvalue weighted by molar-refractivity contribution is 6.00. The van der Waals surface area contributed by atoms with Crippen LogP contribution >= 0.6 is 0 Å². The number of rotatable bonds is 5. The molecule has 2 heterocycles. The van der Waals surface area contributed by atoms with E-state index < -0.39 is 6.04 Å². The summed E-state index contributed by atoms with van der Waals surface area (Å²) < 4.78 is 0. The smallest absolute Gasteiger partial charge is 0.243 e. The van der Waals surface area contributed by atoms with Crippen LogP contribution in [0, 0.1) is 0 Å². The summed E-state index contributed by atoms with van der Waals surface area (Å²) in [5.74, 6) is -0.573. The van der Waals surface area contributed by atoms with Gasteiger partial charge in [0.1, 0.15) is 6.29 Å². The lowest BCUT2D eigenvalue weighted by atomic mass is 10.0. The zero-order valence-corrected chi connectivity index (χ0v) is 12.6. The Bertz CT molecular complexity index is 640. The number of carbonyl (C=O) groups excluding carboxylic acids is 3. The van der Waals surface area contributed by atoms with E-state index >= 15 is 0 Å². The van der Waals surface area contributed by atoms with Crippen LogP contribution in [0.25, 0.3) is 0 Å². The van der Waals surface area contributed by atoms with Crippen LogP contribution < -0.4 is 15.5 Å². The SMILES string of the molecule is O=Cc1ccc(N2CC(O)C2)cc1CNC1CCC(=O)NC1=O. The van der Waals surface area contributed by atoms with Crippen molar-refractivity contribution >= 4 is 23.8 Å². The standard InChI is InChI=1S/C16H19N3O4/c20-9-10-1-2-12(19-7-13(21)8-19)5-11(10)6-17-14-3-4-15(22)18-16(14)23/h1-2,5,9,13-14,17,21H,3-4,6-8H2,(H,18,22,23). The number of nitrogens with one attached hydrogen (secondary N) is 2. The molecule has 23 heavy (non-hydrogen) atoms. The van der Waals surface area contributed by atoms with Crippen LogP contribution in [0.5, 0.6) is 0 Å². The van der Waals surface area contributed by atoms with Crippen molar-refractivity contribution in [1.82, 2.24) is 10.6 Å². The van der Waals surface area contributed by atoms with E-state index in [0.29, 0.717) is 38.0 Å². The van der Waals surface area contributed by atoms with Crippen molar-refractivity contribution in [2.24, 2.45) is 0 Å². The topological polar surface area (TPSA) is 98.7 Å². The minimum absolute atomic E-state index is 0.250. The van der Waals surface area contributed by atoms with Gasteiger partial charge in [0, 0.05) is 37.3 Å². The second kappa shape index (κ2) is 6.47. The van der Waals surface area contributed by atoms with Gasteiger partial charge in [0.2, 0.25) is 11.8 Å². The second-order valence-corrected chi connectivity index (χ2v) is 5.94. The van der Waals surface area contributed by atoms with E-state index in [0.717, 1.165) is 17.5 Å². The fourth-order valence-electron chi connectivity index (χ4n) is 2.84. The molecule has 3 rings (SSSR count). The molecule has 7 nitrogen and oxygen atoms in total.